The van der Waals surface area contributed by atoms with Gasteiger partial charge < -0.3 is 15.2 Å². The molecule has 0 spiro atoms. The minimum Gasteiger partial charge on any atom is -0.342 e. The number of carbonyl (C=O) groups excluding carboxylic acids is 2. The Hall–Kier alpha value is -2.69. The number of anilines is 1. The summed E-state index contributed by atoms with van der Waals surface area (Å²) in [6.45, 7) is 5.92. The van der Waals surface area contributed by atoms with Crippen LogP contribution >= 0.6 is 39.3 Å². The van der Waals surface area contributed by atoms with Crippen molar-refractivity contribution in [1.29, 1.82) is 0 Å². The molecule has 3 rings (SSSR count). The van der Waals surface area contributed by atoms with Gasteiger partial charge in [-0.2, -0.15) is 0 Å². The molecule has 0 bridgehead atoms. The molecule has 2 aromatic carbocycles. The number of nitrogens with one attached hydrogen (secondary N) is 2. The third-order valence-electron chi connectivity index (χ3n) is 4.44. The highest BCUT2D eigenvalue weighted by molar-refractivity contribution is 9.10. The highest BCUT2D eigenvalue weighted by Gasteiger charge is 2.20. The zero-order valence-electron chi connectivity index (χ0n) is 17.5. The molecule has 33 heavy (non-hydrogen) atoms. The van der Waals surface area contributed by atoms with Crippen molar-refractivity contribution < 1.29 is 14.0 Å². The Morgan fingerprint density at radius 2 is 2.00 bits per heavy atom. The summed E-state index contributed by atoms with van der Waals surface area (Å²) >= 11 is 10.2. The SMILES string of the molecule is C=CCn1c(SCC(=O)Nc2ccc(Br)cc2F)nnc1[C@@H](C)NC(=O)c1ccc(Cl)cc1. The standard InChI is InChI=1S/C22H20BrClFN5O2S/c1-3-10-30-20(13(2)26-21(32)14-4-7-16(24)8-5-14)28-29-22(30)33-12-19(31)27-18-9-6-15(23)11-17(18)25/h3-9,11,13H,1,10,12H2,2H3,(H,26,32)(H,27,31)/t13-/m1/s1. The lowest BCUT2D eigenvalue weighted by Gasteiger charge is -2.15. The summed E-state index contributed by atoms with van der Waals surface area (Å²) < 4.78 is 16.3. The summed E-state index contributed by atoms with van der Waals surface area (Å²) in [6, 6.07) is 10.5. The maximum absolute atomic E-state index is 13.9. The van der Waals surface area contributed by atoms with Gasteiger partial charge in [-0.3, -0.25) is 9.59 Å². The molecule has 1 atom stereocenters. The van der Waals surface area contributed by atoms with E-state index in [4.69, 9.17) is 11.6 Å². The van der Waals surface area contributed by atoms with Crippen molar-refractivity contribution in [1.82, 2.24) is 20.1 Å². The highest BCUT2D eigenvalue weighted by atomic mass is 79.9. The van der Waals surface area contributed by atoms with Gasteiger partial charge in [-0.1, -0.05) is 45.4 Å². The van der Waals surface area contributed by atoms with Gasteiger partial charge in [0.15, 0.2) is 11.0 Å². The first-order valence-corrected chi connectivity index (χ1v) is 11.9. The van der Waals surface area contributed by atoms with E-state index >= 15 is 0 Å². The van der Waals surface area contributed by atoms with Crippen molar-refractivity contribution in [2.45, 2.75) is 24.7 Å². The molecule has 1 heterocycles. The fourth-order valence-corrected chi connectivity index (χ4v) is 4.09. The second-order valence-corrected chi connectivity index (χ2v) is 9.20. The molecule has 172 valence electrons. The van der Waals surface area contributed by atoms with E-state index in [1.165, 1.54) is 12.1 Å². The molecule has 0 saturated heterocycles. The Balaban J connectivity index is 1.66. The molecule has 3 aromatic rings. The Labute approximate surface area is 207 Å². The summed E-state index contributed by atoms with van der Waals surface area (Å²) in [5, 5.41) is 14.8. The number of rotatable bonds is 9. The fraction of sp³-hybridized carbons (Fsp3) is 0.182. The minimum absolute atomic E-state index is 0.00368. The molecule has 0 aliphatic carbocycles. The van der Waals surface area contributed by atoms with Gasteiger partial charge in [0.2, 0.25) is 5.91 Å². The second kappa shape index (κ2) is 11.4. The van der Waals surface area contributed by atoms with E-state index in [9.17, 15) is 14.0 Å². The van der Waals surface area contributed by atoms with Crippen LogP contribution in [0.25, 0.3) is 0 Å². The van der Waals surface area contributed by atoms with E-state index in [2.05, 4.69) is 43.3 Å². The second-order valence-electron chi connectivity index (χ2n) is 6.90. The van der Waals surface area contributed by atoms with Crippen molar-refractivity contribution >= 4 is 56.8 Å². The number of aromatic nitrogens is 3. The number of carbonyl (C=O) groups is 2. The number of thioether (sulfide) groups is 1. The fourth-order valence-electron chi connectivity index (χ4n) is 2.88. The molecule has 0 unspecified atom stereocenters. The van der Waals surface area contributed by atoms with Crippen molar-refractivity contribution in [2.75, 3.05) is 11.1 Å². The molecule has 1 aromatic heterocycles. The van der Waals surface area contributed by atoms with E-state index in [0.717, 1.165) is 11.8 Å². The highest BCUT2D eigenvalue weighted by Crippen LogP contribution is 2.23. The van der Waals surface area contributed by atoms with Gasteiger partial charge in [0, 0.05) is 21.6 Å². The van der Waals surface area contributed by atoms with Crippen LogP contribution in [0.5, 0.6) is 0 Å². The molecule has 0 fully saturated rings. The zero-order valence-corrected chi connectivity index (χ0v) is 20.7. The largest absolute Gasteiger partial charge is 0.342 e. The van der Waals surface area contributed by atoms with E-state index in [0.29, 0.717) is 32.6 Å². The summed E-state index contributed by atoms with van der Waals surface area (Å²) in [7, 11) is 0. The van der Waals surface area contributed by atoms with Gasteiger partial charge in [0.25, 0.3) is 5.91 Å². The van der Waals surface area contributed by atoms with Crippen LogP contribution < -0.4 is 10.6 Å². The van der Waals surface area contributed by atoms with Crippen LogP contribution in [0.2, 0.25) is 5.02 Å². The van der Waals surface area contributed by atoms with Crippen molar-refractivity contribution in [3.63, 3.8) is 0 Å². The van der Waals surface area contributed by atoms with Gasteiger partial charge in [-0.15, -0.1) is 16.8 Å². The molecule has 0 aliphatic rings. The number of benzene rings is 2. The molecule has 0 saturated carbocycles. The van der Waals surface area contributed by atoms with Crippen molar-refractivity contribution in [3.05, 3.63) is 81.8 Å². The predicted octanol–water partition coefficient (Wildman–Crippen LogP) is 5.24. The van der Waals surface area contributed by atoms with Crippen LogP contribution in [0, 0.1) is 5.82 Å². The van der Waals surface area contributed by atoms with Crippen LogP contribution in [0.1, 0.15) is 29.1 Å². The number of nitrogens with zero attached hydrogens (tertiary/aromatic N) is 3. The Bertz CT molecular complexity index is 1170. The van der Waals surface area contributed by atoms with E-state index < -0.39 is 11.9 Å². The quantitative estimate of drug-likeness (QED) is 0.280. The van der Waals surface area contributed by atoms with Gasteiger partial charge in [0.05, 0.1) is 17.5 Å². The van der Waals surface area contributed by atoms with Gasteiger partial charge in [-0.25, -0.2) is 4.39 Å². The number of allylic oxidation sites excluding steroid dienone is 1. The van der Waals surface area contributed by atoms with Crippen LogP contribution in [-0.2, 0) is 11.3 Å². The Kier molecular flexibility index (Phi) is 8.65. The first kappa shape index (κ1) is 24.9. The first-order valence-electron chi connectivity index (χ1n) is 9.76. The minimum atomic E-state index is -0.537. The molecule has 11 heteroatoms. The lowest BCUT2D eigenvalue weighted by Crippen LogP contribution is -2.28. The van der Waals surface area contributed by atoms with Gasteiger partial charge in [0.1, 0.15) is 5.82 Å². The molecule has 0 aliphatic heterocycles. The van der Waals surface area contributed by atoms with Crippen LogP contribution in [0.15, 0.2) is 64.7 Å². The number of amides is 2. The molecular formula is C22H20BrClFN5O2S. The van der Waals surface area contributed by atoms with Crippen molar-refractivity contribution in [3.8, 4) is 0 Å². The Morgan fingerprint density at radius 1 is 1.27 bits per heavy atom. The molecular weight excluding hydrogens is 533 g/mol. The Morgan fingerprint density at radius 3 is 2.67 bits per heavy atom. The maximum atomic E-state index is 13.9. The smallest absolute Gasteiger partial charge is 0.251 e. The third-order valence-corrected chi connectivity index (χ3v) is 6.15. The lowest BCUT2D eigenvalue weighted by atomic mass is 10.2. The van der Waals surface area contributed by atoms with Crippen LogP contribution in [0.3, 0.4) is 0 Å². The average Bonchev–Trinajstić information content (AvgIpc) is 3.17. The third kappa shape index (κ3) is 6.66. The van der Waals surface area contributed by atoms with Gasteiger partial charge in [-0.05, 0) is 49.4 Å². The van der Waals surface area contributed by atoms with Crippen LogP contribution in [0.4, 0.5) is 10.1 Å². The summed E-state index contributed by atoms with van der Waals surface area (Å²) in [5.74, 6) is -0.697. The lowest BCUT2D eigenvalue weighted by molar-refractivity contribution is -0.113. The zero-order chi connectivity index (χ0) is 24.0. The predicted molar refractivity (Wildman–Crippen MR) is 131 cm³/mol. The van der Waals surface area contributed by atoms with Gasteiger partial charge >= 0.3 is 0 Å². The summed E-state index contributed by atoms with van der Waals surface area (Å²) in [4.78, 5) is 24.8. The van der Waals surface area contributed by atoms with Crippen LogP contribution in [-0.4, -0.2) is 32.3 Å². The van der Waals surface area contributed by atoms with E-state index in [-0.39, 0.29) is 23.3 Å². The molecule has 2 N–H and O–H groups in total. The first-order chi connectivity index (χ1) is 15.8. The number of halogens is 3. The normalized spacial score (nSPS) is 11.6. The van der Waals surface area contributed by atoms with Crippen molar-refractivity contribution in [2.24, 2.45) is 0 Å². The number of hydrogen-bond donors (Lipinski definition) is 2. The average molecular weight is 553 g/mol. The molecule has 2 amide bonds. The van der Waals surface area contributed by atoms with E-state index in [1.807, 2.05) is 0 Å². The number of hydrogen-bond acceptors (Lipinski definition) is 5. The summed E-state index contributed by atoms with van der Waals surface area (Å²) in [6.07, 6.45) is 1.67. The molecule has 7 nitrogen and oxygen atoms in total. The summed E-state index contributed by atoms with van der Waals surface area (Å²) in [5.41, 5.74) is 0.558. The monoisotopic (exact) mass is 551 g/mol. The molecule has 0 radical (unpaired) electrons. The topological polar surface area (TPSA) is 88.9 Å². The maximum Gasteiger partial charge on any atom is 0.251 e. The van der Waals surface area contributed by atoms with E-state index in [1.54, 1.807) is 47.9 Å².